The van der Waals surface area contributed by atoms with Gasteiger partial charge in [0.05, 0.1) is 11.4 Å². The van der Waals surface area contributed by atoms with Gasteiger partial charge >= 0.3 is 0 Å². The number of rotatable bonds is 5. The van der Waals surface area contributed by atoms with Crippen molar-refractivity contribution in [1.29, 1.82) is 0 Å². The first-order valence-corrected chi connectivity index (χ1v) is 9.75. The summed E-state index contributed by atoms with van der Waals surface area (Å²) in [6.45, 7) is 6.11. The molecule has 0 atom stereocenters. The van der Waals surface area contributed by atoms with E-state index in [-0.39, 0.29) is 22.9 Å². The van der Waals surface area contributed by atoms with Gasteiger partial charge in [0.1, 0.15) is 11.6 Å². The zero-order valence-electron chi connectivity index (χ0n) is 14.5. The Morgan fingerprint density at radius 1 is 1.27 bits per heavy atom. The van der Waals surface area contributed by atoms with Crippen LogP contribution in [0, 0.1) is 5.82 Å². The van der Waals surface area contributed by atoms with Crippen molar-refractivity contribution in [2.45, 2.75) is 31.3 Å². The summed E-state index contributed by atoms with van der Waals surface area (Å²) in [4.78, 5) is 20.8. The Hall–Kier alpha value is -2.26. The van der Waals surface area contributed by atoms with Crippen LogP contribution in [0.2, 0.25) is 0 Å². The van der Waals surface area contributed by atoms with Crippen molar-refractivity contribution in [2.24, 2.45) is 0 Å². The number of thioether (sulfide) groups is 1. The Bertz CT molecular complexity index is 899. The number of hydrogen-bond acceptors (Lipinski definition) is 6. The monoisotopic (exact) mass is 391 g/mol. The van der Waals surface area contributed by atoms with E-state index in [9.17, 15) is 9.18 Å². The number of anilines is 1. The van der Waals surface area contributed by atoms with Crippen LogP contribution in [0.4, 0.5) is 9.52 Å². The molecule has 0 unspecified atom stereocenters. The molecule has 3 rings (SSSR count). The molecule has 0 fully saturated rings. The van der Waals surface area contributed by atoms with Crippen LogP contribution >= 0.6 is 23.1 Å². The molecule has 0 spiro atoms. The van der Waals surface area contributed by atoms with Crippen LogP contribution in [-0.2, 0) is 10.2 Å². The summed E-state index contributed by atoms with van der Waals surface area (Å²) in [7, 11) is 0. The van der Waals surface area contributed by atoms with Gasteiger partial charge in [-0.1, -0.05) is 32.5 Å². The number of nitrogens with one attached hydrogen (secondary N) is 2. The average molecular weight is 391 g/mol. The van der Waals surface area contributed by atoms with E-state index in [1.54, 1.807) is 12.1 Å². The molecule has 2 heterocycles. The number of amides is 1. The van der Waals surface area contributed by atoms with Crippen molar-refractivity contribution in [2.75, 3.05) is 11.1 Å². The number of halogens is 1. The third-order valence-electron chi connectivity index (χ3n) is 3.40. The Morgan fingerprint density at radius 2 is 2.00 bits per heavy atom. The van der Waals surface area contributed by atoms with Gasteiger partial charge in [0.15, 0.2) is 5.13 Å². The molecule has 0 aliphatic rings. The van der Waals surface area contributed by atoms with E-state index in [4.69, 9.17) is 0 Å². The van der Waals surface area contributed by atoms with Crippen LogP contribution in [0.15, 0.2) is 34.8 Å². The molecule has 0 aliphatic carbocycles. The summed E-state index contributed by atoms with van der Waals surface area (Å²) in [5, 5.41) is 12.6. The highest BCUT2D eigenvalue weighted by Crippen LogP contribution is 2.25. The second kappa shape index (κ2) is 7.55. The zero-order valence-corrected chi connectivity index (χ0v) is 16.2. The van der Waals surface area contributed by atoms with E-state index in [1.807, 2.05) is 26.2 Å². The molecule has 6 nitrogen and oxygen atoms in total. The highest BCUT2D eigenvalue weighted by atomic mass is 32.2. The Balaban J connectivity index is 1.55. The van der Waals surface area contributed by atoms with Crippen LogP contribution < -0.4 is 5.32 Å². The minimum atomic E-state index is -0.295. The fraction of sp³-hybridized carbons (Fsp3) is 0.294. The number of nitrogens with zero attached hydrogens (tertiary/aromatic N) is 3. The maximum absolute atomic E-state index is 13.0. The zero-order chi connectivity index (χ0) is 18.7. The lowest BCUT2D eigenvalue weighted by molar-refractivity contribution is -0.113. The topological polar surface area (TPSA) is 83.6 Å². The lowest BCUT2D eigenvalue weighted by atomic mass is 9.96. The van der Waals surface area contributed by atoms with Crippen LogP contribution in [0.5, 0.6) is 0 Å². The van der Waals surface area contributed by atoms with Crippen molar-refractivity contribution >= 4 is 34.1 Å². The summed E-state index contributed by atoms with van der Waals surface area (Å²) < 4.78 is 13.0. The number of H-pyrrole nitrogens is 1. The molecule has 2 aromatic heterocycles. The van der Waals surface area contributed by atoms with Gasteiger partial charge in [0.2, 0.25) is 11.1 Å². The van der Waals surface area contributed by atoms with Crippen LogP contribution in [0.1, 0.15) is 26.6 Å². The summed E-state index contributed by atoms with van der Waals surface area (Å²) in [5.41, 5.74) is 1.38. The fourth-order valence-corrected chi connectivity index (χ4v) is 3.35. The third-order valence-corrected chi connectivity index (χ3v) is 5.00. The SMILES string of the molecule is CC(C)(C)c1nc(SCC(=O)Nc2nc(-c3ccc(F)cc3)cs2)n[nH]1. The number of hydrogen-bond donors (Lipinski definition) is 2. The molecule has 0 aliphatic heterocycles. The van der Waals surface area contributed by atoms with Crippen molar-refractivity contribution in [3.05, 3.63) is 41.3 Å². The fourth-order valence-electron chi connectivity index (χ4n) is 2.02. The summed E-state index contributed by atoms with van der Waals surface area (Å²) >= 11 is 2.58. The highest BCUT2D eigenvalue weighted by Gasteiger charge is 2.19. The van der Waals surface area contributed by atoms with Gasteiger partial charge in [-0.25, -0.2) is 14.4 Å². The third kappa shape index (κ3) is 4.67. The second-order valence-corrected chi connectivity index (χ2v) is 8.40. The quantitative estimate of drug-likeness (QED) is 0.640. The van der Waals surface area contributed by atoms with Crippen molar-refractivity contribution in [1.82, 2.24) is 20.2 Å². The standard InChI is InChI=1S/C17H18FN5OS2/c1-17(2,3)14-21-16(23-22-14)26-9-13(24)20-15-19-12(8-25-15)10-4-6-11(18)7-5-10/h4-8H,9H2,1-3H3,(H,19,20,24)(H,21,22,23). The average Bonchev–Trinajstić information content (AvgIpc) is 3.22. The molecular formula is C17H18FN5OS2. The number of thiazole rings is 1. The Morgan fingerprint density at radius 3 is 2.65 bits per heavy atom. The predicted octanol–water partition coefficient (Wildman–Crippen LogP) is 4.10. The molecule has 2 N–H and O–H groups in total. The first-order valence-electron chi connectivity index (χ1n) is 7.88. The van der Waals surface area contributed by atoms with Gasteiger partial charge in [-0.05, 0) is 24.3 Å². The molecular weight excluding hydrogens is 373 g/mol. The lowest BCUT2D eigenvalue weighted by Gasteiger charge is -2.12. The predicted molar refractivity (Wildman–Crippen MR) is 102 cm³/mol. The lowest BCUT2D eigenvalue weighted by Crippen LogP contribution is -2.14. The minimum absolute atomic E-state index is 0.119. The molecule has 26 heavy (non-hydrogen) atoms. The molecule has 0 radical (unpaired) electrons. The van der Waals surface area contributed by atoms with Gasteiger partial charge in [-0.3, -0.25) is 9.89 Å². The molecule has 136 valence electrons. The first kappa shape index (κ1) is 18.5. The number of aromatic amines is 1. The maximum atomic E-state index is 13.0. The number of aromatic nitrogens is 4. The smallest absolute Gasteiger partial charge is 0.236 e. The molecule has 1 amide bonds. The van der Waals surface area contributed by atoms with E-state index < -0.39 is 0 Å². The van der Waals surface area contributed by atoms with Gasteiger partial charge in [0, 0.05) is 16.4 Å². The van der Waals surface area contributed by atoms with Gasteiger partial charge in [-0.15, -0.1) is 16.4 Å². The van der Waals surface area contributed by atoms with E-state index in [2.05, 4.69) is 25.5 Å². The van der Waals surface area contributed by atoms with E-state index >= 15 is 0 Å². The van der Waals surface area contributed by atoms with Gasteiger partial charge in [-0.2, -0.15) is 0 Å². The normalized spacial score (nSPS) is 11.5. The second-order valence-electron chi connectivity index (χ2n) is 6.60. The highest BCUT2D eigenvalue weighted by molar-refractivity contribution is 7.99. The van der Waals surface area contributed by atoms with Crippen molar-refractivity contribution in [3.8, 4) is 11.3 Å². The summed E-state index contributed by atoms with van der Waals surface area (Å²) in [5.74, 6) is 0.491. The largest absolute Gasteiger partial charge is 0.301 e. The summed E-state index contributed by atoms with van der Waals surface area (Å²) in [6, 6.07) is 6.07. The van der Waals surface area contributed by atoms with Crippen molar-refractivity contribution in [3.63, 3.8) is 0 Å². The molecule has 9 heteroatoms. The molecule has 3 aromatic rings. The maximum Gasteiger partial charge on any atom is 0.236 e. The summed E-state index contributed by atoms with van der Waals surface area (Å²) in [6.07, 6.45) is 0. The number of benzene rings is 1. The molecule has 0 saturated carbocycles. The van der Waals surface area contributed by atoms with Crippen LogP contribution in [0.25, 0.3) is 11.3 Å². The van der Waals surface area contributed by atoms with Crippen LogP contribution in [0.3, 0.4) is 0 Å². The first-order chi connectivity index (χ1) is 12.3. The Kier molecular flexibility index (Phi) is 5.38. The number of carbonyl (C=O) groups excluding carboxylic acids is 1. The minimum Gasteiger partial charge on any atom is -0.301 e. The Labute approximate surface area is 158 Å². The van der Waals surface area contributed by atoms with Crippen molar-refractivity contribution < 1.29 is 9.18 Å². The van der Waals surface area contributed by atoms with Gasteiger partial charge < -0.3 is 5.32 Å². The number of carbonyl (C=O) groups is 1. The van der Waals surface area contributed by atoms with Gasteiger partial charge in [0.25, 0.3) is 0 Å². The van der Waals surface area contributed by atoms with E-state index in [0.717, 1.165) is 11.4 Å². The molecule has 0 saturated heterocycles. The molecule has 0 bridgehead atoms. The molecule has 1 aromatic carbocycles. The van der Waals surface area contributed by atoms with E-state index in [0.29, 0.717) is 16.0 Å². The van der Waals surface area contributed by atoms with Crippen LogP contribution in [-0.4, -0.2) is 31.8 Å². The van der Waals surface area contributed by atoms with E-state index in [1.165, 1.54) is 35.2 Å².